The molecular weight excluding hydrogens is 351 g/mol. The maximum absolute atomic E-state index is 12.9. The first-order valence-electron chi connectivity index (χ1n) is 8.68. The van der Waals surface area contributed by atoms with Crippen molar-refractivity contribution in [1.82, 2.24) is 0 Å². The molecule has 142 valence electrons. The summed E-state index contributed by atoms with van der Waals surface area (Å²) >= 11 is 0. The summed E-state index contributed by atoms with van der Waals surface area (Å²) in [5.41, 5.74) is 3.58. The van der Waals surface area contributed by atoms with Gasteiger partial charge in [-0.05, 0) is 60.1 Å². The van der Waals surface area contributed by atoms with Gasteiger partial charge in [-0.15, -0.1) is 4.67 Å². The molecule has 26 heavy (non-hydrogen) atoms. The van der Waals surface area contributed by atoms with E-state index in [1.54, 1.807) is 12.1 Å². The molecule has 0 saturated carbocycles. The summed E-state index contributed by atoms with van der Waals surface area (Å²) in [6, 6.07) is 11.3. The Labute approximate surface area is 155 Å². The van der Waals surface area contributed by atoms with Crippen molar-refractivity contribution in [1.29, 1.82) is 0 Å². The van der Waals surface area contributed by atoms with Gasteiger partial charge in [0.2, 0.25) is 0 Å². The molecule has 0 unspecified atom stereocenters. The Morgan fingerprint density at radius 3 is 1.50 bits per heavy atom. The second-order valence-electron chi connectivity index (χ2n) is 7.07. The van der Waals surface area contributed by atoms with E-state index in [9.17, 15) is 9.82 Å². The summed E-state index contributed by atoms with van der Waals surface area (Å²) in [6.45, 7) is 11.8. The molecule has 0 radical (unpaired) electrons. The molecule has 0 atom stereocenters. The van der Waals surface area contributed by atoms with E-state index in [2.05, 4.69) is 4.67 Å². The molecule has 1 N–H and O–H groups in total. The van der Waals surface area contributed by atoms with Crippen molar-refractivity contribution in [3.8, 4) is 11.5 Å². The van der Waals surface area contributed by atoms with Gasteiger partial charge >= 0.3 is 7.82 Å². The first-order valence-corrected chi connectivity index (χ1v) is 10.1. The molecule has 0 aliphatic heterocycles. The summed E-state index contributed by atoms with van der Waals surface area (Å²) in [5.74, 6) is 1.26. The number of aryl methyl sites for hydroxylation is 2. The highest BCUT2D eigenvalue weighted by atomic mass is 31.2. The average molecular weight is 378 g/mol. The van der Waals surface area contributed by atoms with E-state index in [1.807, 2.05) is 65.8 Å². The van der Waals surface area contributed by atoms with Gasteiger partial charge in [0.05, 0.1) is 0 Å². The molecular formula is C20H27O5P. The lowest BCUT2D eigenvalue weighted by Crippen LogP contribution is -2.06. The highest BCUT2D eigenvalue weighted by Gasteiger charge is 2.33. The Kier molecular flexibility index (Phi) is 6.51. The highest BCUT2D eigenvalue weighted by molar-refractivity contribution is 7.49. The van der Waals surface area contributed by atoms with Gasteiger partial charge in [-0.2, -0.15) is 0 Å². The van der Waals surface area contributed by atoms with Crippen LogP contribution in [0.25, 0.3) is 0 Å². The molecule has 0 spiro atoms. The third-order valence-corrected chi connectivity index (χ3v) is 5.32. The van der Waals surface area contributed by atoms with Crippen molar-refractivity contribution >= 4 is 7.82 Å². The van der Waals surface area contributed by atoms with E-state index in [0.717, 1.165) is 22.3 Å². The Balaban J connectivity index is 2.34. The number of hydrogen-bond acceptors (Lipinski definition) is 5. The molecule has 0 saturated heterocycles. The number of phosphoric ester groups is 1. The van der Waals surface area contributed by atoms with Crippen LogP contribution in [0.3, 0.4) is 0 Å². The summed E-state index contributed by atoms with van der Waals surface area (Å²) in [4.78, 5) is 0. The van der Waals surface area contributed by atoms with Gasteiger partial charge in [-0.1, -0.05) is 52.0 Å². The maximum atomic E-state index is 12.9. The monoisotopic (exact) mass is 378 g/mol. The SMILES string of the molecule is Cc1ccc(C(C)C)cc1OP(=O)(OO)Oc1cc(C(C)C)ccc1C. The van der Waals surface area contributed by atoms with Gasteiger partial charge in [0.1, 0.15) is 11.5 Å². The lowest BCUT2D eigenvalue weighted by molar-refractivity contribution is -0.154. The Hall–Kier alpha value is -1.81. The third kappa shape index (κ3) is 4.88. The highest BCUT2D eigenvalue weighted by Crippen LogP contribution is 2.50. The zero-order valence-corrected chi connectivity index (χ0v) is 17.0. The van der Waals surface area contributed by atoms with Crippen LogP contribution >= 0.6 is 7.82 Å². The molecule has 0 bridgehead atoms. The van der Waals surface area contributed by atoms with Crippen molar-refractivity contribution in [3.63, 3.8) is 0 Å². The predicted molar refractivity (Wildman–Crippen MR) is 103 cm³/mol. The molecule has 2 aromatic rings. The van der Waals surface area contributed by atoms with Gasteiger partial charge in [-0.25, -0.2) is 9.82 Å². The fourth-order valence-corrected chi connectivity index (χ4v) is 3.42. The summed E-state index contributed by atoms with van der Waals surface area (Å²) in [6.07, 6.45) is 0. The van der Waals surface area contributed by atoms with Gasteiger partial charge < -0.3 is 9.05 Å². The molecule has 0 aromatic heterocycles. The van der Waals surface area contributed by atoms with Crippen LogP contribution < -0.4 is 9.05 Å². The van der Waals surface area contributed by atoms with Crippen molar-refractivity contribution < 1.29 is 23.5 Å². The van der Waals surface area contributed by atoms with Gasteiger partial charge in [-0.3, -0.25) is 0 Å². The molecule has 0 amide bonds. The van der Waals surface area contributed by atoms with Crippen LogP contribution in [0, 0.1) is 13.8 Å². The molecule has 0 heterocycles. The first kappa shape index (κ1) is 20.5. The molecule has 2 aromatic carbocycles. The molecule has 5 nitrogen and oxygen atoms in total. The van der Waals surface area contributed by atoms with Crippen molar-refractivity contribution in [2.24, 2.45) is 0 Å². The van der Waals surface area contributed by atoms with Gasteiger partial charge in [0.25, 0.3) is 0 Å². The number of rotatable bonds is 7. The number of hydrogen-bond donors (Lipinski definition) is 1. The van der Waals surface area contributed by atoms with E-state index in [-0.39, 0.29) is 11.8 Å². The topological polar surface area (TPSA) is 65.0 Å². The number of phosphoric acid groups is 1. The predicted octanol–water partition coefficient (Wildman–Crippen LogP) is 6.61. The zero-order chi connectivity index (χ0) is 19.5. The number of benzene rings is 2. The van der Waals surface area contributed by atoms with Crippen molar-refractivity contribution in [2.75, 3.05) is 0 Å². The van der Waals surface area contributed by atoms with E-state index < -0.39 is 7.82 Å². The van der Waals surface area contributed by atoms with Crippen LogP contribution in [0.2, 0.25) is 0 Å². The largest absolute Gasteiger partial charge is 0.615 e. The smallest absolute Gasteiger partial charge is 0.393 e. The van der Waals surface area contributed by atoms with Crippen LogP contribution in [-0.2, 0) is 9.24 Å². The van der Waals surface area contributed by atoms with Crippen LogP contribution in [0.1, 0.15) is 61.8 Å². The Morgan fingerprint density at radius 1 is 0.808 bits per heavy atom. The quantitative estimate of drug-likeness (QED) is 0.334. The van der Waals surface area contributed by atoms with Crippen LogP contribution in [0.4, 0.5) is 0 Å². The lowest BCUT2D eigenvalue weighted by atomic mass is 10.0. The van der Waals surface area contributed by atoms with E-state index in [1.165, 1.54) is 0 Å². The molecule has 0 aliphatic rings. The minimum atomic E-state index is -4.24. The standard InChI is InChI=1S/C20H27O5P/c1-13(2)17-9-7-15(5)19(11-17)23-26(22,25-21)24-20-12-18(14(3)4)10-8-16(20)6/h7-14,21H,1-6H3. The van der Waals surface area contributed by atoms with E-state index in [4.69, 9.17) is 9.05 Å². The second kappa shape index (κ2) is 8.26. The summed E-state index contributed by atoms with van der Waals surface area (Å²) < 4.78 is 28.0. The van der Waals surface area contributed by atoms with Crippen molar-refractivity contribution in [2.45, 2.75) is 53.4 Å². The maximum Gasteiger partial charge on any atom is 0.615 e. The Bertz CT molecular complexity index is 750. The summed E-state index contributed by atoms with van der Waals surface area (Å²) in [7, 11) is -4.24. The van der Waals surface area contributed by atoms with Crippen molar-refractivity contribution in [3.05, 3.63) is 58.7 Å². The lowest BCUT2D eigenvalue weighted by Gasteiger charge is -2.19. The minimum Gasteiger partial charge on any atom is -0.393 e. The van der Waals surface area contributed by atoms with Crippen LogP contribution in [-0.4, -0.2) is 5.26 Å². The fraction of sp³-hybridized carbons (Fsp3) is 0.400. The molecule has 2 rings (SSSR count). The fourth-order valence-electron chi connectivity index (χ4n) is 2.44. The van der Waals surface area contributed by atoms with Gasteiger partial charge in [0.15, 0.2) is 0 Å². The van der Waals surface area contributed by atoms with Crippen LogP contribution in [0.5, 0.6) is 11.5 Å². The normalized spacial score (nSPS) is 11.9. The first-order chi connectivity index (χ1) is 12.1. The second-order valence-corrected chi connectivity index (χ2v) is 8.49. The summed E-state index contributed by atoms with van der Waals surface area (Å²) in [5, 5.41) is 9.23. The van der Waals surface area contributed by atoms with Gasteiger partial charge in [0, 0.05) is 0 Å². The third-order valence-electron chi connectivity index (χ3n) is 4.28. The Morgan fingerprint density at radius 2 is 1.19 bits per heavy atom. The average Bonchev–Trinajstić information content (AvgIpc) is 2.58. The van der Waals surface area contributed by atoms with E-state index >= 15 is 0 Å². The molecule has 0 fully saturated rings. The molecule has 6 heteroatoms. The zero-order valence-electron chi connectivity index (χ0n) is 16.1. The minimum absolute atomic E-state index is 0.276. The van der Waals surface area contributed by atoms with Crippen LogP contribution in [0.15, 0.2) is 36.4 Å². The van der Waals surface area contributed by atoms with E-state index in [0.29, 0.717) is 11.5 Å². The molecule has 0 aliphatic carbocycles.